The minimum Gasteiger partial charge on any atom is -0.476 e. The predicted octanol–water partition coefficient (Wildman–Crippen LogP) is -0.130. The minimum absolute atomic E-state index is 0.152. The number of hydrogen-bond acceptors (Lipinski definition) is 7. The molecule has 0 fully saturated rings. The first-order chi connectivity index (χ1) is 9.35. The van der Waals surface area contributed by atoms with E-state index in [9.17, 15) is 18.0 Å². The van der Waals surface area contributed by atoms with Crippen molar-refractivity contribution in [1.82, 2.24) is 9.97 Å². The van der Waals surface area contributed by atoms with Crippen LogP contribution in [0.15, 0.2) is 12.4 Å². The summed E-state index contributed by atoms with van der Waals surface area (Å²) in [5.41, 5.74) is -0.521. The monoisotopic (exact) mass is 303 g/mol. The second-order valence-electron chi connectivity index (χ2n) is 3.53. The third-order valence-electron chi connectivity index (χ3n) is 2.03. The lowest BCUT2D eigenvalue weighted by Crippen LogP contribution is -2.22. The number of rotatable bonds is 7. The van der Waals surface area contributed by atoms with E-state index < -0.39 is 39.2 Å². The standard InChI is InChI=1S/C10H13N3O6S/c1-2-19-7(14)3-6-20(17,18)13-9-8(10(15)16)11-4-5-12-9/h4-5H,2-3,6H2,1H3,(H,12,13)(H,15,16). The maximum atomic E-state index is 11.7. The van der Waals surface area contributed by atoms with Crippen LogP contribution in [0.1, 0.15) is 23.8 Å². The Kier molecular flexibility index (Phi) is 5.38. The highest BCUT2D eigenvalue weighted by Gasteiger charge is 2.19. The fourth-order valence-corrected chi connectivity index (χ4v) is 2.20. The van der Waals surface area contributed by atoms with Crippen LogP contribution >= 0.6 is 0 Å². The molecule has 0 aromatic carbocycles. The summed E-state index contributed by atoms with van der Waals surface area (Å²) in [7, 11) is -3.92. The van der Waals surface area contributed by atoms with Gasteiger partial charge in [-0.2, -0.15) is 0 Å². The van der Waals surface area contributed by atoms with Gasteiger partial charge in [0.2, 0.25) is 10.0 Å². The number of hydrogen-bond donors (Lipinski definition) is 2. The van der Waals surface area contributed by atoms with E-state index in [1.165, 1.54) is 0 Å². The maximum absolute atomic E-state index is 11.7. The zero-order chi connectivity index (χ0) is 15.2. The van der Waals surface area contributed by atoms with Crippen molar-refractivity contribution < 1.29 is 27.9 Å². The number of esters is 1. The highest BCUT2D eigenvalue weighted by atomic mass is 32.2. The average molecular weight is 303 g/mol. The van der Waals surface area contributed by atoms with E-state index in [4.69, 9.17) is 5.11 Å². The van der Waals surface area contributed by atoms with Gasteiger partial charge in [0.05, 0.1) is 18.8 Å². The molecule has 0 aliphatic carbocycles. The van der Waals surface area contributed by atoms with E-state index >= 15 is 0 Å². The second kappa shape index (κ2) is 6.80. The lowest BCUT2D eigenvalue weighted by Gasteiger charge is -2.08. The molecule has 0 spiro atoms. The quantitative estimate of drug-likeness (QED) is 0.665. The number of ether oxygens (including phenoxy) is 1. The van der Waals surface area contributed by atoms with Gasteiger partial charge in [-0.15, -0.1) is 0 Å². The van der Waals surface area contributed by atoms with Gasteiger partial charge in [0, 0.05) is 12.4 Å². The molecule has 1 heterocycles. The lowest BCUT2D eigenvalue weighted by atomic mass is 10.4. The number of nitrogens with zero attached hydrogens (tertiary/aromatic N) is 2. The summed E-state index contributed by atoms with van der Waals surface area (Å²) in [6, 6.07) is 0. The van der Waals surface area contributed by atoms with Crippen LogP contribution in [0.3, 0.4) is 0 Å². The summed E-state index contributed by atoms with van der Waals surface area (Å²) in [6.45, 7) is 1.75. The Morgan fingerprint density at radius 2 is 2.00 bits per heavy atom. The van der Waals surface area contributed by atoms with E-state index in [-0.39, 0.29) is 13.0 Å². The number of carbonyl (C=O) groups excluding carboxylic acids is 1. The average Bonchev–Trinajstić information content (AvgIpc) is 2.37. The number of carboxylic acid groups (broad SMARTS) is 1. The number of aromatic nitrogens is 2. The van der Waals surface area contributed by atoms with Gasteiger partial charge in [0.25, 0.3) is 0 Å². The molecular weight excluding hydrogens is 290 g/mol. The first kappa shape index (κ1) is 15.8. The largest absolute Gasteiger partial charge is 0.476 e. The van der Waals surface area contributed by atoms with E-state index in [0.29, 0.717) is 0 Å². The highest BCUT2D eigenvalue weighted by molar-refractivity contribution is 7.92. The molecule has 1 aromatic heterocycles. The molecule has 0 atom stereocenters. The Morgan fingerprint density at radius 3 is 2.60 bits per heavy atom. The molecule has 0 saturated carbocycles. The Labute approximate surface area is 115 Å². The molecule has 0 radical (unpaired) electrons. The van der Waals surface area contributed by atoms with Gasteiger partial charge in [-0.3, -0.25) is 9.52 Å². The van der Waals surface area contributed by atoms with Crippen LogP contribution in [0.2, 0.25) is 0 Å². The normalized spacial score (nSPS) is 10.8. The third kappa shape index (κ3) is 4.80. The van der Waals surface area contributed by atoms with Gasteiger partial charge in [0.15, 0.2) is 11.5 Å². The number of carboxylic acids is 1. The first-order valence-corrected chi connectivity index (χ1v) is 7.21. The molecule has 0 aliphatic heterocycles. The smallest absolute Gasteiger partial charge is 0.358 e. The number of aromatic carboxylic acids is 1. The van der Waals surface area contributed by atoms with Crippen LogP contribution in [0.25, 0.3) is 0 Å². The maximum Gasteiger partial charge on any atom is 0.358 e. The zero-order valence-corrected chi connectivity index (χ0v) is 11.4. The van der Waals surface area contributed by atoms with Crippen LogP contribution in [-0.4, -0.2) is 47.8 Å². The number of anilines is 1. The van der Waals surface area contributed by atoms with Crippen molar-refractivity contribution in [3.8, 4) is 0 Å². The third-order valence-corrected chi connectivity index (χ3v) is 3.28. The molecule has 10 heteroatoms. The lowest BCUT2D eigenvalue weighted by molar-refractivity contribution is -0.142. The van der Waals surface area contributed by atoms with Gasteiger partial charge in [-0.1, -0.05) is 0 Å². The summed E-state index contributed by atoms with van der Waals surface area (Å²) in [5.74, 6) is -3.01. The van der Waals surface area contributed by atoms with Crippen LogP contribution in [0.4, 0.5) is 5.82 Å². The Morgan fingerprint density at radius 1 is 1.35 bits per heavy atom. The van der Waals surface area contributed by atoms with Gasteiger partial charge < -0.3 is 9.84 Å². The Hall–Kier alpha value is -2.23. The van der Waals surface area contributed by atoms with Crippen LogP contribution in [0.5, 0.6) is 0 Å². The summed E-state index contributed by atoms with van der Waals surface area (Å²) < 4.78 is 30.0. The fraction of sp³-hybridized carbons (Fsp3) is 0.400. The van der Waals surface area contributed by atoms with Gasteiger partial charge in [-0.25, -0.2) is 23.2 Å². The van der Waals surface area contributed by atoms with Crippen molar-refractivity contribution in [3.63, 3.8) is 0 Å². The molecular formula is C10H13N3O6S. The summed E-state index contributed by atoms with van der Waals surface area (Å²) in [5, 5.41) is 8.84. The number of carbonyl (C=O) groups is 2. The molecule has 2 N–H and O–H groups in total. The van der Waals surface area contributed by atoms with E-state index in [2.05, 4.69) is 14.7 Å². The molecule has 1 aromatic rings. The van der Waals surface area contributed by atoms with E-state index in [0.717, 1.165) is 12.4 Å². The van der Waals surface area contributed by atoms with Crippen molar-refractivity contribution in [1.29, 1.82) is 0 Å². The first-order valence-electron chi connectivity index (χ1n) is 5.56. The highest BCUT2D eigenvalue weighted by Crippen LogP contribution is 2.11. The van der Waals surface area contributed by atoms with Gasteiger partial charge in [-0.05, 0) is 6.92 Å². The van der Waals surface area contributed by atoms with Crippen LogP contribution in [-0.2, 0) is 19.6 Å². The van der Waals surface area contributed by atoms with Crippen molar-refractivity contribution in [2.75, 3.05) is 17.1 Å². The van der Waals surface area contributed by atoms with Crippen molar-refractivity contribution in [2.24, 2.45) is 0 Å². The Balaban J connectivity index is 2.77. The molecule has 0 bridgehead atoms. The second-order valence-corrected chi connectivity index (χ2v) is 5.38. The molecule has 0 aliphatic rings. The molecule has 0 unspecified atom stereocenters. The number of nitrogens with one attached hydrogen (secondary N) is 1. The van der Waals surface area contributed by atoms with E-state index in [1.807, 2.05) is 4.72 Å². The van der Waals surface area contributed by atoms with Crippen molar-refractivity contribution >= 4 is 27.8 Å². The zero-order valence-electron chi connectivity index (χ0n) is 10.6. The molecule has 0 saturated heterocycles. The van der Waals surface area contributed by atoms with Gasteiger partial charge >= 0.3 is 11.9 Å². The van der Waals surface area contributed by atoms with Crippen molar-refractivity contribution in [2.45, 2.75) is 13.3 Å². The minimum atomic E-state index is -3.92. The Bertz CT molecular complexity index is 601. The van der Waals surface area contributed by atoms with Gasteiger partial charge in [0.1, 0.15) is 0 Å². The molecule has 110 valence electrons. The summed E-state index contributed by atoms with van der Waals surface area (Å²) in [4.78, 5) is 29.0. The fourth-order valence-electron chi connectivity index (χ4n) is 1.22. The van der Waals surface area contributed by atoms with Crippen molar-refractivity contribution in [3.05, 3.63) is 18.1 Å². The number of sulfonamides is 1. The molecule has 20 heavy (non-hydrogen) atoms. The van der Waals surface area contributed by atoms with Crippen LogP contribution in [0, 0.1) is 0 Å². The predicted molar refractivity (Wildman–Crippen MR) is 67.7 cm³/mol. The SMILES string of the molecule is CCOC(=O)CCS(=O)(=O)Nc1nccnc1C(=O)O. The van der Waals surface area contributed by atoms with Crippen LogP contribution < -0.4 is 4.72 Å². The summed E-state index contributed by atoms with van der Waals surface area (Å²) >= 11 is 0. The molecule has 1 rings (SSSR count). The molecule has 0 amide bonds. The topological polar surface area (TPSA) is 136 Å². The summed E-state index contributed by atoms with van der Waals surface area (Å²) in [6.07, 6.45) is 1.93. The van der Waals surface area contributed by atoms with E-state index in [1.54, 1.807) is 6.92 Å². The molecule has 9 nitrogen and oxygen atoms in total.